The van der Waals surface area contributed by atoms with Gasteiger partial charge in [-0.1, -0.05) is 5.21 Å². The van der Waals surface area contributed by atoms with E-state index in [1.165, 1.54) is 16.8 Å². The minimum Gasteiger partial charge on any atom is -0.379 e. The number of amides is 1. The summed E-state index contributed by atoms with van der Waals surface area (Å²) in [5.74, 6) is -0.730. The fourth-order valence-electron chi connectivity index (χ4n) is 1.64. The summed E-state index contributed by atoms with van der Waals surface area (Å²) in [6.45, 7) is -0.340. The summed E-state index contributed by atoms with van der Waals surface area (Å²) < 4.78 is 38.9. The third kappa shape index (κ3) is 2.97. The number of fused-ring (bicyclic) bond motifs is 1. The van der Waals surface area contributed by atoms with Gasteiger partial charge in [0.25, 0.3) is 5.91 Å². The van der Waals surface area contributed by atoms with Gasteiger partial charge in [-0.05, 0) is 25.1 Å². The molecule has 0 saturated heterocycles. The highest BCUT2D eigenvalue weighted by Gasteiger charge is 2.49. The predicted molar refractivity (Wildman–Crippen MR) is 67.5 cm³/mol. The molecule has 1 amide bonds. The van der Waals surface area contributed by atoms with Crippen molar-refractivity contribution in [3.8, 4) is 0 Å². The van der Waals surface area contributed by atoms with Crippen molar-refractivity contribution in [3.63, 3.8) is 0 Å². The molecule has 2 rings (SSSR count). The first-order valence-corrected chi connectivity index (χ1v) is 5.98. The van der Waals surface area contributed by atoms with Crippen LogP contribution in [0.5, 0.6) is 0 Å². The largest absolute Gasteiger partial charge is 0.418 e. The van der Waals surface area contributed by atoms with Crippen molar-refractivity contribution in [2.45, 2.75) is 18.7 Å². The summed E-state index contributed by atoms with van der Waals surface area (Å²) in [5.41, 5.74) is -1.71. The lowest BCUT2D eigenvalue weighted by atomic mass is 10.1. The average molecular weight is 302 g/mol. The molecule has 0 aliphatic rings. The van der Waals surface area contributed by atoms with Gasteiger partial charge in [0.1, 0.15) is 5.52 Å². The maximum absolute atomic E-state index is 12.5. The van der Waals surface area contributed by atoms with Crippen molar-refractivity contribution in [1.82, 2.24) is 20.3 Å². The van der Waals surface area contributed by atoms with E-state index in [0.29, 0.717) is 18.0 Å². The minimum absolute atomic E-state index is 0.140. The van der Waals surface area contributed by atoms with E-state index in [-0.39, 0.29) is 5.56 Å². The van der Waals surface area contributed by atoms with Gasteiger partial charge in [-0.25, -0.2) is 4.68 Å². The SMILES string of the molecule is Cn1nnc2cc(C(=O)NCC(C)(O)C(F)(F)F)ccc21. The van der Waals surface area contributed by atoms with Crippen LogP contribution in [0.15, 0.2) is 18.2 Å². The molecule has 1 aromatic heterocycles. The number of nitrogens with one attached hydrogen (secondary N) is 1. The van der Waals surface area contributed by atoms with Crippen molar-refractivity contribution in [2.24, 2.45) is 7.05 Å². The molecule has 1 atom stereocenters. The van der Waals surface area contributed by atoms with Crippen LogP contribution >= 0.6 is 0 Å². The van der Waals surface area contributed by atoms with Crippen LogP contribution in [0.25, 0.3) is 11.0 Å². The monoisotopic (exact) mass is 302 g/mol. The fraction of sp³-hybridized carbons (Fsp3) is 0.417. The molecule has 2 N–H and O–H groups in total. The number of carbonyl (C=O) groups is 1. The predicted octanol–water partition coefficient (Wildman–Crippen LogP) is 1.01. The zero-order valence-corrected chi connectivity index (χ0v) is 11.3. The van der Waals surface area contributed by atoms with Gasteiger partial charge < -0.3 is 10.4 Å². The number of halogens is 3. The molecule has 1 heterocycles. The van der Waals surface area contributed by atoms with Crippen molar-refractivity contribution in [3.05, 3.63) is 23.8 Å². The number of hydrogen-bond acceptors (Lipinski definition) is 4. The van der Waals surface area contributed by atoms with Gasteiger partial charge in [-0.15, -0.1) is 5.10 Å². The average Bonchev–Trinajstić information content (AvgIpc) is 2.76. The molecule has 2 aromatic rings. The molecule has 0 aliphatic carbocycles. The molecule has 0 saturated carbocycles. The molecule has 114 valence electrons. The number of nitrogens with zero attached hydrogens (tertiary/aromatic N) is 3. The quantitative estimate of drug-likeness (QED) is 0.887. The van der Waals surface area contributed by atoms with E-state index >= 15 is 0 Å². The highest BCUT2D eigenvalue weighted by molar-refractivity contribution is 5.97. The molecule has 1 aromatic carbocycles. The van der Waals surface area contributed by atoms with E-state index in [1.54, 1.807) is 13.1 Å². The summed E-state index contributed by atoms with van der Waals surface area (Å²) in [6, 6.07) is 4.45. The van der Waals surface area contributed by atoms with Crippen LogP contribution in [0, 0.1) is 0 Å². The second-order valence-electron chi connectivity index (χ2n) is 4.87. The van der Waals surface area contributed by atoms with Gasteiger partial charge in [0.05, 0.1) is 12.1 Å². The third-order valence-corrected chi connectivity index (χ3v) is 3.08. The summed E-state index contributed by atoms with van der Waals surface area (Å²) in [5, 5.41) is 18.9. The molecule has 0 radical (unpaired) electrons. The Morgan fingerprint density at radius 3 is 2.71 bits per heavy atom. The van der Waals surface area contributed by atoms with Gasteiger partial charge in [0.2, 0.25) is 0 Å². The van der Waals surface area contributed by atoms with Gasteiger partial charge in [0.15, 0.2) is 5.60 Å². The molecular weight excluding hydrogens is 289 g/mol. The number of aromatic nitrogens is 3. The standard InChI is InChI=1S/C12H13F3N4O2/c1-11(21,12(13,14)15)6-16-10(20)7-3-4-9-8(5-7)17-18-19(9)2/h3-5,21H,6H2,1-2H3,(H,16,20). The topological polar surface area (TPSA) is 80.0 Å². The first kappa shape index (κ1) is 15.2. The van der Waals surface area contributed by atoms with Crippen molar-refractivity contribution in [1.29, 1.82) is 0 Å². The first-order chi connectivity index (χ1) is 9.62. The van der Waals surface area contributed by atoms with E-state index in [1.807, 2.05) is 0 Å². The van der Waals surface area contributed by atoms with Gasteiger partial charge in [-0.2, -0.15) is 13.2 Å². The summed E-state index contributed by atoms with van der Waals surface area (Å²) in [7, 11) is 1.68. The Balaban J connectivity index is 2.12. The van der Waals surface area contributed by atoms with Crippen LogP contribution in [0.3, 0.4) is 0 Å². The molecule has 0 aliphatic heterocycles. The lowest BCUT2D eigenvalue weighted by Gasteiger charge is -2.26. The number of benzene rings is 1. The Hall–Kier alpha value is -2.16. The van der Waals surface area contributed by atoms with Gasteiger partial charge in [0, 0.05) is 12.6 Å². The Labute approximate surface area is 117 Å². The molecule has 0 bridgehead atoms. The molecule has 0 spiro atoms. The van der Waals surface area contributed by atoms with E-state index in [4.69, 9.17) is 0 Å². The van der Waals surface area contributed by atoms with Crippen molar-refractivity contribution >= 4 is 16.9 Å². The second-order valence-corrected chi connectivity index (χ2v) is 4.87. The highest BCUT2D eigenvalue weighted by atomic mass is 19.4. The first-order valence-electron chi connectivity index (χ1n) is 5.98. The summed E-state index contributed by atoms with van der Waals surface area (Å²) in [6.07, 6.45) is -4.82. The van der Waals surface area contributed by atoms with E-state index in [2.05, 4.69) is 15.6 Å². The Morgan fingerprint density at radius 1 is 1.43 bits per heavy atom. The number of aryl methyl sites for hydroxylation is 1. The van der Waals surface area contributed by atoms with Crippen molar-refractivity contribution in [2.75, 3.05) is 6.54 Å². The lowest BCUT2D eigenvalue weighted by Crippen LogP contribution is -2.51. The minimum atomic E-state index is -4.82. The van der Waals surface area contributed by atoms with Crippen molar-refractivity contribution < 1.29 is 23.1 Å². The Bertz CT molecular complexity index is 679. The number of aliphatic hydroxyl groups is 1. The smallest absolute Gasteiger partial charge is 0.379 e. The molecule has 0 fully saturated rings. The van der Waals surface area contributed by atoms with Gasteiger partial charge in [-0.3, -0.25) is 4.79 Å². The molecular formula is C12H13F3N4O2. The molecule has 9 heteroatoms. The van der Waals surface area contributed by atoms with E-state index < -0.39 is 24.2 Å². The zero-order valence-electron chi connectivity index (χ0n) is 11.3. The number of carbonyl (C=O) groups excluding carboxylic acids is 1. The molecule has 1 unspecified atom stereocenters. The van der Waals surface area contributed by atoms with E-state index in [0.717, 1.165) is 0 Å². The molecule has 21 heavy (non-hydrogen) atoms. The summed E-state index contributed by atoms with van der Waals surface area (Å²) >= 11 is 0. The number of hydrogen-bond donors (Lipinski definition) is 2. The Morgan fingerprint density at radius 2 is 2.10 bits per heavy atom. The van der Waals surface area contributed by atoms with Crippen LogP contribution in [0.4, 0.5) is 13.2 Å². The normalized spacial score (nSPS) is 15.0. The van der Waals surface area contributed by atoms with Crippen LogP contribution in [-0.4, -0.2) is 44.3 Å². The number of alkyl halides is 3. The maximum atomic E-state index is 12.5. The molecule has 6 nitrogen and oxygen atoms in total. The van der Waals surface area contributed by atoms with E-state index in [9.17, 15) is 23.1 Å². The lowest BCUT2D eigenvalue weighted by molar-refractivity contribution is -0.249. The van der Waals surface area contributed by atoms with Crippen LogP contribution in [0.1, 0.15) is 17.3 Å². The Kier molecular flexibility index (Phi) is 3.62. The second kappa shape index (κ2) is 4.99. The maximum Gasteiger partial charge on any atom is 0.418 e. The highest BCUT2D eigenvalue weighted by Crippen LogP contribution is 2.29. The zero-order chi connectivity index (χ0) is 15.8. The van der Waals surface area contributed by atoms with Gasteiger partial charge >= 0.3 is 6.18 Å². The third-order valence-electron chi connectivity index (χ3n) is 3.08. The van der Waals surface area contributed by atoms with Crippen LogP contribution in [0.2, 0.25) is 0 Å². The van der Waals surface area contributed by atoms with Crippen LogP contribution < -0.4 is 5.32 Å². The fourth-order valence-corrected chi connectivity index (χ4v) is 1.64. The van der Waals surface area contributed by atoms with Crippen LogP contribution in [-0.2, 0) is 7.05 Å². The number of rotatable bonds is 3. The summed E-state index contributed by atoms with van der Waals surface area (Å²) in [4.78, 5) is 11.8.